The summed E-state index contributed by atoms with van der Waals surface area (Å²) in [6, 6.07) is 13.8. The number of nitrogens with one attached hydrogen (secondary N) is 1. The first-order valence-corrected chi connectivity index (χ1v) is 12.8. The molecule has 0 aliphatic carbocycles. The Labute approximate surface area is 202 Å². The van der Waals surface area contributed by atoms with Crippen LogP contribution in [0.4, 0.5) is 5.69 Å². The number of nitrogens with zero attached hydrogens (tertiary/aromatic N) is 2. The number of anilines is 1. The lowest BCUT2D eigenvalue weighted by Gasteiger charge is -2.29. The van der Waals surface area contributed by atoms with E-state index in [-0.39, 0.29) is 15.9 Å². The predicted molar refractivity (Wildman–Crippen MR) is 134 cm³/mol. The fourth-order valence-corrected chi connectivity index (χ4v) is 6.43. The Kier molecular flexibility index (Phi) is 6.36. The van der Waals surface area contributed by atoms with Crippen molar-refractivity contribution < 1.29 is 22.7 Å². The molecule has 11 heteroatoms. The van der Waals surface area contributed by atoms with Crippen molar-refractivity contribution in [1.29, 1.82) is 0 Å². The van der Waals surface area contributed by atoms with Crippen molar-refractivity contribution in [3.8, 4) is 5.75 Å². The van der Waals surface area contributed by atoms with Gasteiger partial charge in [-0.1, -0.05) is 36.0 Å². The molecule has 2 heterocycles. The minimum atomic E-state index is -3.89. The summed E-state index contributed by atoms with van der Waals surface area (Å²) >= 11 is 1.40. The molecule has 180 valence electrons. The van der Waals surface area contributed by atoms with Gasteiger partial charge in [0.1, 0.15) is 15.7 Å². The molecular formula is C23H26N4O5S2. The Morgan fingerprint density at radius 3 is 2.65 bits per heavy atom. The van der Waals surface area contributed by atoms with Gasteiger partial charge in [0.2, 0.25) is 0 Å². The fourth-order valence-electron chi connectivity index (χ4n) is 3.83. The molecule has 3 N–H and O–H groups in total. The molecule has 0 fully saturated rings. The average molecular weight is 503 g/mol. The molecule has 0 saturated heterocycles. The van der Waals surface area contributed by atoms with Crippen molar-refractivity contribution in [3.63, 3.8) is 0 Å². The highest BCUT2D eigenvalue weighted by atomic mass is 32.2. The number of carbonyl (C=O) groups excluding carboxylic acids is 1. The summed E-state index contributed by atoms with van der Waals surface area (Å²) in [6.45, 7) is 2.03. The summed E-state index contributed by atoms with van der Waals surface area (Å²) in [4.78, 5) is 19.9. The predicted octanol–water partition coefficient (Wildman–Crippen LogP) is 2.75. The summed E-state index contributed by atoms with van der Waals surface area (Å²) < 4.78 is 38.7. The molecule has 0 saturated carbocycles. The second-order valence-electron chi connectivity index (χ2n) is 7.98. The van der Waals surface area contributed by atoms with Crippen LogP contribution >= 0.6 is 11.8 Å². The molecule has 2 unspecified atom stereocenters. The summed E-state index contributed by atoms with van der Waals surface area (Å²) in [7, 11) is 0.505. The number of hydrogen-bond donors (Lipinski definition) is 2. The lowest BCUT2D eigenvalue weighted by molar-refractivity contribution is -0.137. The first kappa shape index (κ1) is 24.1. The zero-order valence-electron chi connectivity index (χ0n) is 19.2. The number of fused-ring (bicyclic) bond motifs is 1. The molecule has 2 aromatic carbocycles. The zero-order valence-corrected chi connectivity index (χ0v) is 20.9. The van der Waals surface area contributed by atoms with E-state index in [9.17, 15) is 13.2 Å². The van der Waals surface area contributed by atoms with Crippen LogP contribution in [0.3, 0.4) is 0 Å². The molecule has 0 radical (unpaired) electrons. The van der Waals surface area contributed by atoms with E-state index in [1.54, 1.807) is 37.3 Å². The van der Waals surface area contributed by atoms with Crippen LogP contribution in [0.25, 0.3) is 10.9 Å². The number of aromatic nitrogens is 1. The van der Waals surface area contributed by atoms with Gasteiger partial charge in [0.05, 0.1) is 35.8 Å². The van der Waals surface area contributed by atoms with Gasteiger partial charge in [-0.25, -0.2) is 8.42 Å². The number of benzene rings is 2. The van der Waals surface area contributed by atoms with E-state index in [1.165, 1.54) is 43.4 Å². The van der Waals surface area contributed by atoms with E-state index in [2.05, 4.69) is 9.98 Å². The number of primary amides is 1. The van der Waals surface area contributed by atoms with E-state index in [1.807, 2.05) is 12.1 Å². The summed E-state index contributed by atoms with van der Waals surface area (Å²) in [6.07, 6.45) is 0. The van der Waals surface area contributed by atoms with Gasteiger partial charge in [0.15, 0.2) is 5.60 Å². The van der Waals surface area contributed by atoms with Crippen molar-refractivity contribution in [3.05, 3.63) is 54.2 Å². The molecule has 34 heavy (non-hydrogen) atoms. The zero-order chi connectivity index (χ0) is 24.7. The maximum Gasteiger partial charge on any atom is 0.267 e. The molecule has 3 aromatic rings. The number of aliphatic imine (C=N–C) groups is 1. The van der Waals surface area contributed by atoms with Gasteiger partial charge in [-0.15, -0.1) is 0 Å². The number of H-pyrrole nitrogens is 1. The molecule has 4 rings (SSSR count). The molecule has 1 amide bonds. The van der Waals surface area contributed by atoms with Crippen LogP contribution in [0.2, 0.25) is 0 Å². The summed E-state index contributed by atoms with van der Waals surface area (Å²) in [5.41, 5.74) is 6.26. The Morgan fingerprint density at radius 2 is 1.97 bits per heavy atom. The number of rotatable bonds is 8. The van der Waals surface area contributed by atoms with Crippen molar-refractivity contribution in [2.75, 3.05) is 32.1 Å². The second kappa shape index (κ2) is 8.97. The summed E-state index contributed by atoms with van der Waals surface area (Å²) in [5, 5.41) is 1.25. The Hall–Kier alpha value is -3.02. The van der Waals surface area contributed by atoms with E-state index in [0.717, 1.165) is 11.1 Å². The van der Waals surface area contributed by atoms with Crippen molar-refractivity contribution in [2.24, 2.45) is 10.7 Å². The standard InChI is InChI=1S/C23H26N4O5S2/c1-23(32-4,22(24)28)19-13-25-21(33-19)15-12-14-8-7-9-16(20(14)26-15)27(2)34(29,30)18-11-6-5-10-17(18)31-3/h5-12,19,26H,13H2,1-4H3,(H2,24,28). The number of hydrogen-bond acceptors (Lipinski definition) is 7. The van der Waals surface area contributed by atoms with Crippen LogP contribution in [0.15, 0.2) is 58.4 Å². The number of nitrogens with two attached hydrogens (primary N) is 1. The first-order valence-electron chi connectivity index (χ1n) is 10.4. The van der Waals surface area contributed by atoms with Crippen molar-refractivity contribution in [1.82, 2.24) is 4.98 Å². The first-order chi connectivity index (χ1) is 16.1. The van der Waals surface area contributed by atoms with Gasteiger partial charge < -0.3 is 20.2 Å². The van der Waals surface area contributed by atoms with Crippen LogP contribution in [0.1, 0.15) is 12.6 Å². The molecule has 2 atom stereocenters. The van der Waals surface area contributed by atoms with Crippen LogP contribution in [0, 0.1) is 0 Å². The van der Waals surface area contributed by atoms with Gasteiger partial charge in [-0.2, -0.15) is 0 Å². The van der Waals surface area contributed by atoms with Crippen molar-refractivity contribution >= 4 is 49.3 Å². The smallest absolute Gasteiger partial charge is 0.267 e. The van der Waals surface area contributed by atoms with Gasteiger partial charge in [0.25, 0.3) is 15.9 Å². The third-order valence-corrected chi connectivity index (χ3v) is 9.36. The number of amides is 1. The van der Waals surface area contributed by atoms with Gasteiger partial charge >= 0.3 is 0 Å². The third-order valence-electron chi connectivity index (χ3n) is 6.09. The maximum absolute atomic E-state index is 13.4. The van der Waals surface area contributed by atoms with Gasteiger partial charge in [0, 0.05) is 19.5 Å². The number of methoxy groups -OCH3 is 2. The number of carbonyl (C=O) groups is 1. The van der Waals surface area contributed by atoms with Crippen LogP contribution in [-0.2, 0) is 19.6 Å². The third kappa shape index (κ3) is 3.93. The van der Waals surface area contributed by atoms with Crippen LogP contribution in [0.5, 0.6) is 5.75 Å². The van der Waals surface area contributed by atoms with E-state index in [0.29, 0.717) is 22.8 Å². The average Bonchev–Trinajstić information content (AvgIpc) is 3.50. The quantitative estimate of drug-likeness (QED) is 0.488. The highest BCUT2D eigenvalue weighted by Crippen LogP contribution is 2.37. The van der Waals surface area contributed by atoms with E-state index < -0.39 is 21.5 Å². The number of sulfonamides is 1. The minimum absolute atomic E-state index is 0.0765. The molecule has 9 nitrogen and oxygen atoms in total. The number of aromatic amines is 1. The Bertz CT molecular complexity index is 1390. The SMILES string of the molecule is COc1ccccc1S(=O)(=O)N(C)c1cccc2cc(C3=NCC(C(C)(OC)C(N)=O)S3)[nH]c12. The van der Waals surface area contributed by atoms with E-state index >= 15 is 0 Å². The number of para-hydroxylation sites is 2. The Morgan fingerprint density at radius 1 is 1.24 bits per heavy atom. The van der Waals surface area contributed by atoms with E-state index in [4.69, 9.17) is 15.2 Å². The molecule has 0 spiro atoms. The number of thioether (sulfide) groups is 1. The van der Waals surface area contributed by atoms with Gasteiger partial charge in [-0.05, 0) is 31.2 Å². The minimum Gasteiger partial charge on any atom is -0.495 e. The molecule has 1 aliphatic rings. The molecular weight excluding hydrogens is 476 g/mol. The number of ether oxygens (including phenoxy) is 2. The highest BCUT2D eigenvalue weighted by molar-refractivity contribution is 8.15. The monoisotopic (exact) mass is 502 g/mol. The lowest BCUT2D eigenvalue weighted by atomic mass is 10.0. The fraction of sp³-hybridized carbons (Fsp3) is 0.304. The Balaban J connectivity index is 1.69. The molecule has 1 aromatic heterocycles. The van der Waals surface area contributed by atoms with Crippen LogP contribution < -0.4 is 14.8 Å². The summed E-state index contributed by atoms with van der Waals surface area (Å²) in [5.74, 6) is -0.279. The molecule has 0 bridgehead atoms. The lowest BCUT2D eigenvalue weighted by Crippen LogP contribution is -2.51. The largest absolute Gasteiger partial charge is 0.495 e. The maximum atomic E-state index is 13.4. The second-order valence-corrected chi connectivity index (χ2v) is 11.1. The normalized spacial score (nSPS) is 17.9. The topological polar surface area (TPSA) is 127 Å². The highest BCUT2D eigenvalue weighted by Gasteiger charge is 2.44. The van der Waals surface area contributed by atoms with Gasteiger partial charge in [-0.3, -0.25) is 14.1 Å². The molecule has 1 aliphatic heterocycles. The van der Waals surface area contributed by atoms with Crippen molar-refractivity contribution in [2.45, 2.75) is 22.7 Å². The van der Waals surface area contributed by atoms with Crippen LogP contribution in [-0.4, -0.2) is 63.0 Å².